The zero-order valence-corrected chi connectivity index (χ0v) is 14.7. The van der Waals surface area contributed by atoms with Crippen molar-refractivity contribution in [2.24, 2.45) is 5.92 Å². The van der Waals surface area contributed by atoms with E-state index in [1.165, 1.54) is 0 Å². The van der Waals surface area contributed by atoms with Crippen LogP contribution in [0, 0.1) is 5.92 Å². The first kappa shape index (κ1) is 16.6. The summed E-state index contributed by atoms with van der Waals surface area (Å²) in [4.78, 5) is 28.5. The standard InChI is InChI=1S/C21H23N3O2/c25-20(16-6-7-16)22-18-8-10-19(11-9-18)23-12-14-24(15-13-23)21(26)17-4-2-1-3-5-17/h1-5,8-11,16H,6-7,12-15H2,(H,22,25). The normalized spacial score (nSPS) is 17.1. The highest BCUT2D eigenvalue weighted by molar-refractivity contribution is 5.95. The molecule has 1 saturated heterocycles. The van der Waals surface area contributed by atoms with E-state index in [1.54, 1.807) is 0 Å². The largest absolute Gasteiger partial charge is 0.368 e. The molecule has 0 atom stereocenters. The van der Waals surface area contributed by atoms with Gasteiger partial charge in [-0.3, -0.25) is 9.59 Å². The average molecular weight is 349 g/mol. The lowest BCUT2D eigenvalue weighted by Crippen LogP contribution is -2.48. The molecule has 0 aromatic heterocycles. The van der Waals surface area contributed by atoms with E-state index < -0.39 is 0 Å². The Morgan fingerprint density at radius 3 is 2.12 bits per heavy atom. The first-order chi connectivity index (χ1) is 12.7. The monoisotopic (exact) mass is 349 g/mol. The van der Waals surface area contributed by atoms with Crippen molar-refractivity contribution in [1.29, 1.82) is 0 Å². The zero-order chi connectivity index (χ0) is 17.9. The number of piperazine rings is 1. The van der Waals surface area contributed by atoms with E-state index in [4.69, 9.17) is 0 Å². The van der Waals surface area contributed by atoms with Crippen molar-refractivity contribution in [1.82, 2.24) is 4.90 Å². The van der Waals surface area contributed by atoms with Gasteiger partial charge in [0.2, 0.25) is 5.91 Å². The number of carbonyl (C=O) groups is 2. The van der Waals surface area contributed by atoms with Crippen LogP contribution in [0.5, 0.6) is 0 Å². The second-order valence-corrected chi connectivity index (χ2v) is 6.96. The van der Waals surface area contributed by atoms with Crippen molar-refractivity contribution >= 4 is 23.2 Å². The molecule has 0 radical (unpaired) electrons. The minimum atomic E-state index is 0.100. The minimum absolute atomic E-state index is 0.100. The van der Waals surface area contributed by atoms with Gasteiger partial charge in [-0.05, 0) is 49.2 Å². The highest BCUT2D eigenvalue weighted by atomic mass is 16.2. The third-order valence-corrected chi connectivity index (χ3v) is 5.04. The first-order valence-corrected chi connectivity index (χ1v) is 9.21. The van der Waals surface area contributed by atoms with Gasteiger partial charge in [0.15, 0.2) is 0 Å². The first-order valence-electron chi connectivity index (χ1n) is 9.21. The number of amides is 2. The number of nitrogens with one attached hydrogen (secondary N) is 1. The summed E-state index contributed by atoms with van der Waals surface area (Å²) in [5.74, 6) is 0.444. The van der Waals surface area contributed by atoms with E-state index >= 15 is 0 Å². The molecule has 1 heterocycles. The van der Waals surface area contributed by atoms with Crippen LogP contribution in [0.25, 0.3) is 0 Å². The van der Waals surface area contributed by atoms with E-state index in [0.717, 1.165) is 42.9 Å². The summed E-state index contributed by atoms with van der Waals surface area (Å²) in [6.45, 7) is 3.06. The molecule has 2 amide bonds. The van der Waals surface area contributed by atoms with Crippen molar-refractivity contribution in [3.8, 4) is 0 Å². The third-order valence-electron chi connectivity index (χ3n) is 5.04. The van der Waals surface area contributed by atoms with E-state index in [2.05, 4.69) is 10.2 Å². The van der Waals surface area contributed by atoms with Crippen molar-refractivity contribution in [2.75, 3.05) is 36.4 Å². The Kier molecular flexibility index (Phi) is 4.61. The Labute approximate surface area is 153 Å². The zero-order valence-electron chi connectivity index (χ0n) is 14.7. The predicted octanol–water partition coefficient (Wildman–Crippen LogP) is 3.00. The van der Waals surface area contributed by atoms with Crippen LogP contribution in [0.4, 0.5) is 11.4 Å². The third kappa shape index (κ3) is 3.72. The molecule has 2 aliphatic rings. The van der Waals surface area contributed by atoms with Crippen LogP contribution >= 0.6 is 0 Å². The number of rotatable bonds is 4. The Hall–Kier alpha value is -2.82. The van der Waals surface area contributed by atoms with Crippen molar-refractivity contribution in [3.63, 3.8) is 0 Å². The topological polar surface area (TPSA) is 52.7 Å². The lowest BCUT2D eigenvalue weighted by atomic mass is 10.1. The molecule has 1 aliphatic carbocycles. The van der Waals surface area contributed by atoms with Gasteiger partial charge in [0.05, 0.1) is 0 Å². The predicted molar refractivity (Wildman–Crippen MR) is 102 cm³/mol. The van der Waals surface area contributed by atoms with Crippen LogP contribution in [0.1, 0.15) is 23.2 Å². The van der Waals surface area contributed by atoms with E-state index in [9.17, 15) is 9.59 Å². The van der Waals surface area contributed by atoms with Crippen LogP contribution in [0.15, 0.2) is 54.6 Å². The second kappa shape index (κ2) is 7.20. The van der Waals surface area contributed by atoms with Crippen LogP contribution in [-0.2, 0) is 4.79 Å². The quantitative estimate of drug-likeness (QED) is 0.923. The summed E-state index contributed by atoms with van der Waals surface area (Å²) in [5, 5.41) is 2.96. The van der Waals surface area contributed by atoms with Crippen LogP contribution in [-0.4, -0.2) is 42.9 Å². The summed E-state index contributed by atoms with van der Waals surface area (Å²) in [5.41, 5.74) is 2.72. The van der Waals surface area contributed by atoms with Gasteiger partial charge in [-0.25, -0.2) is 0 Å². The molecule has 0 spiro atoms. The van der Waals surface area contributed by atoms with Crippen LogP contribution in [0.3, 0.4) is 0 Å². The van der Waals surface area contributed by atoms with E-state index in [0.29, 0.717) is 13.1 Å². The fourth-order valence-corrected chi connectivity index (χ4v) is 3.28. The summed E-state index contributed by atoms with van der Waals surface area (Å²) in [7, 11) is 0. The fourth-order valence-electron chi connectivity index (χ4n) is 3.28. The SMILES string of the molecule is O=C(Nc1ccc(N2CCN(C(=O)c3ccccc3)CC2)cc1)C1CC1. The van der Waals surface area contributed by atoms with Gasteiger partial charge in [-0.2, -0.15) is 0 Å². The summed E-state index contributed by atoms with van der Waals surface area (Å²) >= 11 is 0. The van der Waals surface area contributed by atoms with E-state index in [-0.39, 0.29) is 17.7 Å². The summed E-state index contributed by atoms with van der Waals surface area (Å²) in [6, 6.07) is 17.4. The van der Waals surface area contributed by atoms with Gasteiger partial charge >= 0.3 is 0 Å². The van der Waals surface area contributed by atoms with Gasteiger partial charge in [0.1, 0.15) is 0 Å². The number of carbonyl (C=O) groups excluding carboxylic acids is 2. The molecule has 5 heteroatoms. The highest BCUT2D eigenvalue weighted by Gasteiger charge is 2.29. The molecule has 0 bridgehead atoms. The van der Waals surface area contributed by atoms with Crippen LogP contribution in [0.2, 0.25) is 0 Å². The lowest BCUT2D eigenvalue weighted by Gasteiger charge is -2.36. The fraction of sp³-hybridized carbons (Fsp3) is 0.333. The second-order valence-electron chi connectivity index (χ2n) is 6.96. The lowest BCUT2D eigenvalue weighted by molar-refractivity contribution is -0.117. The van der Waals surface area contributed by atoms with Gasteiger partial charge < -0.3 is 15.1 Å². The maximum absolute atomic E-state index is 12.5. The average Bonchev–Trinajstić information content (AvgIpc) is 3.54. The summed E-state index contributed by atoms with van der Waals surface area (Å²) in [6.07, 6.45) is 2.02. The maximum Gasteiger partial charge on any atom is 0.253 e. The molecule has 2 aromatic carbocycles. The Balaban J connectivity index is 1.33. The number of nitrogens with zero attached hydrogens (tertiary/aromatic N) is 2. The maximum atomic E-state index is 12.5. The highest BCUT2D eigenvalue weighted by Crippen LogP contribution is 2.30. The number of hydrogen-bond donors (Lipinski definition) is 1. The Morgan fingerprint density at radius 1 is 0.846 bits per heavy atom. The molecule has 4 rings (SSSR count). The van der Waals surface area contributed by atoms with Crippen molar-refractivity contribution in [3.05, 3.63) is 60.2 Å². The molecule has 2 fully saturated rings. The molecule has 5 nitrogen and oxygen atoms in total. The van der Waals surface area contributed by atoms with Gasteiger partial charge in [-0.1, -0.05) is 18.2 Å². The molecule has 134 valence electrons. The van der Waals surface area contributed by atoms with Gasteiger partial charge in [0, 0.05) is 49.0 Å². The van der Waals surface area contributed by atoms with E-state index in [1.807, 2.05) is 59.5 Å². The molecular weight excluding hydrogens is 326 g/mol. The van der Waals surface area contributed by atoms with Crippen molar-refractivity contribution in [2.45, 2.75) is 12.8 Å². The number of benzene rings is 2. The molecule has 1 saturated carbocycles. The molecule has 26 heavy (non-hydrogen) atoms. The molecule has 0 unspecified atom stereocenters. The van der Waals surface area contributed by atoms with Crippen molar-refractivity contribution < 1.29 is 9.59 Å². The molecule has 1 N–H and O–H groups in total. The summed E-state index contributed by atoms with van der Waals surface area (Å²) < 4.78 is 0. The Bertz CT molecular complexity index is 777. The number of hydrogen-bond acceptors (Lipinski definition) is 3. The molecule has 2 aromatic rings. The smallest absolute Gasteiger partial charge is 0.253 e. The van der Waals surface area contributed by atoms with Crippen LogP contribution < -0.4 is 10.2 Å². The molecular formula is C21H23N3O2. The minimum Gasteiger partial charge on any atom is -0.368 e. The Morgan fingerprint density at radius 2 is 1.50 bits per heavy atom. The van der Waals surface area contributed by atoms with Gasteiger partial charge in [-0.15, -0.1) is 0 Å². The van der Waals surface area contributed by atoms with Gasteiger partial charge in [0.25, 0.3) is 5.91 Å². The number of anilines is 2. The molecule has 1 aliphatic heterocycles.